The Morgan fingerprint density at radius 3 is 2.26 bits per heavy atom. The molecular formula is C16H25NO2. The van der Waals surface area contributed by atoms with Gasteiger partial charge in [0.2, 0.25) is 0 Å². The maximum Gasteiger partial charge on any atom is 0.307 e. The normalized spacial score (nSPS) is 10.7. The topological polar surface area (TPSA) is 29.5 Å². The molecule has 106 valence electrons. The van der Waals surface area contributed by atoms with Crippen molar-refractivity contribution in [1.82, 2.24) is 4.90 Å². The summed E-state index contributed by atoms with van der Waals surface area (Å²) < 4.78 is 5.27. The highest BCUT2D eigenvalue weighted by molar-refractivity contribution is 5.69. The summed E-state index contributed by atoms with van der Waals surface area (Å²) in [5, 5.41) is 0. The van der Waals surface area contributed by atoms with E-state index in [2.05, 4.69) is 18.7 Å². The van der Waals surface area contributed by atoms with Crippen LogP contribution in [0.5, 0.6) is 0 Å². The van der Waals surface area contributed by atoms with Gasteiger partial charge in [-0.15, -0.1) is 0 Å². The Morgan fingerprint density at radius 1 is 1.05 bits per heavy atom. The second kappa shape index (κ2) is 9.56. The fourth-order valence-electron chi connectivity index (χ4n) is 2.03. The first-order valence-corrected chi connectivity index (χ1v) is 7.18. The molecule has 3 nitrogen and oxygen atoms in total. The molecule has 0 unspecified atom stereocenters. The Balaban J connectivity index is 2.23. The van der Waals surface area contributed by atoms with Crippen molar-refractivity contribution >= 4 is 5.97 Å². The molecule has 0 N–H and O–H groups in total. The monoisotopic (exact) mass is 263 g/mol. The van der Waals surface area contributed by atoms with Crippen LogP contribution < -0.4 is 0 Å². The van der Waals surface area contributed by atoms with Crippen molar-refractivity contribution in [1.29, 1.82) is 0 Å². The van der Waals surface area contributed by atoms with Crippen molar-refractivity contribution in [2.24, 2.45) is 0 Å². The predicted octanol–water partition coefficient (Wildman–Crippen LogP) is 3.24. The van der Waals surface area contributed by atoms with E-state index in [4.69, 9.17) is 4.74 Å². The summed E-state index contributed by atoms with van der Waals surface area (Å²) in [6.07, 6.45) is 2.73. The first kappa shape index (κ1) is 15.7. The average molecular weight is 263 g/mol. The molecule has 1 rings (SSSR count). The van der Waals surface area contributed by atoms with Gasteiger partial charge in [0.15, 0.2) is 0 Å². The number of carbonyl (C=O) groups is 1. The Kier molecular flexibility index (Phi) is 7.91. The van der Waals surface area contributed by atoms with E-state index in [1.165, 1.54) is 0 Å². The SMILES string of the molecule is CCCN(CCC)CCC(=O)OCc1ccccc1. The third-order valence-electron chi connectivity index (χ3n) is 2.95. The van der Waals surface area contributed by atoms with Crippen LogP contribution in [0.4, 0.5) is 0 Å². The molecule has 0 saturated heterocycles. The van der Waals surface area contributed by atoms with Crippen LogP contribution in [-0.4, -0.2) is 30.5 Å². The van der Waals surface area contributed by atoms with Gasteiger partial charge in [-0.25, -0.2) is 0 Å². The lowest BCUT2D eigenvalue weighted by atomic mass is 10.2. The van der Waals surface area contributed by atoms with Crippen LogP contribution in [-0.2, 0) is 16.1 Å². The van der Waals surface area contributed by atoms with Gasteiger partial charge >= 0.3 is 5.97 Å². The minimum absolute atomic E-state index is 0.110. The van der Waals surface area contributed by atoms with E-state index >= 15 is 0 Å². The van der Waals surface area contributed by atoms with Crippen LogP contribution in [0.15, 0.2) is 30.3 Å². The zero-order chi connectivity index (χ0) is 13.9. The van der Waals surface area contributed by atoms with Crippen LogP contribution in [0.1, 0.15) is 38.7 Å². The minimum Gasteiger partial charge on any atom is -0.461 e. The minimum atomic E-state index is -0.110. The molecule has 0 bridgehead atoms. The molecule has 19 heavy (non-hydrogen) atoms. The number of hydrogen-bond donors (Lipinski definition) is 0. The van der Waals surface area contributed by atoms with Crippen molar-refractivity contribution in [2.45, 2.75) is 39.7 Å². The fourth-order valence-corrected chi connectivity index (χ4v) is 2.03. The van der Waals surface area contributed by atoms with E-state index in [1.807, 2.05) is 30.3 Å². The van der Waals surface area contributed by atoms with Gasteiger partial charge in [0.1, 0.15) is 6.61 Å². The Bertz CT molecular complexity index is 345. The van der Waals surface area contributed by atoms with Gasteiger partial charge in [-0.1, -0.05) is 44.2 Å². The van der Waals surface area contributed by atoms with E-state index in [0.717, 1.165) is 38.0 Å². The molecule has 0 atom stereocenters. The highest BCUT2D eigenvalue weighted by Gasteiger charge is 2.08. The molecule has 1 aromatic carbocycles. The summed E-state index contributed by atoms with van der Waals surface area (Å²) in [5.41, 5.74) is 1.04. The summed E-state index contributed by atoms with van der Waals surface area (Å²) in [6.45, 7) is 7.61. The van der Waals surface area contributed by atoms with Crippen LogP contribution in [0.3, 0.4) is 0 Å². The van der Waals surface area contributed by atoms with Gasteiger partial charge in [-0.05, 0) is 31.5 Å². The molecule has 0 radical (unpaired) electrons. The second-order valence-corrected chi connectivity index (χ2v) is 4.74. The van der Waals surface area contributed by atoms with Crippen molar-refractivity contribution in [3.63, 3.8) is 0 Å². The van der Waals surface area contributed by atoms with Crippen molar-refractivity contribution in [3.05, 3.63) is 35.9 Å². The zero-order valence-corrected chi connectivity index (χ0v) is 12.1. The molecule has 0 heterocycles. The number of benzene rings is 1. The highest BCUT2D eigenvalue weighted by atomic mass is 16.5. The molecule has 0 amide bonds. The van der Waals surface area contributed by atoms with Crippen LogP contribution in [0, 0.1) is 0 Å². The standard InChI is InChI=1S/C16H25NO2/c1-3-11-17(12-4-2)13-10-16(18)19-14-15-8-6-5-7-9-15/h5-9H,3-4,10-14H2,1-2H3. The maximum atomic E-state index is 11.7. The fraction of sp³-hybridized carbons (Fsp3) is 0.562. The third-order valence-corrected chi connectivity index (χ3v) is 2.95. The van der Waals surface area contributed by atoms with Crippen LogP contribution in [0.25, 0.3) is 0 Å². The number of ether oxygens (including phenoxy) is 1. The Morgan fingerprint density at radius 2 is 1.68 bits per heavy atom. The van der Waals surface area contributed by atoms with Gasteiger partial charge in [0.25, 0.3) is 0 Å². The summed E-state index contributed by atoms with van der Waals surface area (Å²) >= 11 is 0. The Labute approximate surface area is 116 Å². The van der Waals surface area contributed by atoms with E-state index in [1.54, 1.807) is 0 Å². The molecule has 1 aromatic rings. The average Bonchev–Trinajstić information content (AvgIpc) is 2.44. The van der Waals surface area contributed by atoms with E-state index < -0.39 is 0 Å². The molecule has 0 aliphatic heterocycles. The van der Waals surface area contributed by atoms with Crippen LogP contribution in [0.2, 0.25) is 0 Å². The molecule has 0 aliphatic carbocycles. The van der Waals surface area contributed by atoms with E-state index in [-0.39, 0.29) is 5.97 Å². The second-order valence-electron chi connectivity index (χ2n) is 4.74. The quantitative estimate of drug-likeness (QED) is 0.641. The highest BCUT2D eigenvalue weighted by Crippen LogP contribution is 2.03. The molecule has 0 spiro atoms. The number of hydrogen-bond acceptors (Lipinski definition) is 3. The number of esters is 1. The van der Waals surface area contributed by atoms with Crippen molar-refractivity contribution < 1.29 is 9.53 Å². The first-order valence-electron chi connectivity index (χ1n) is 7.18. The van der Waals surface area contributed by atoms with Crippen molar-refractivity contribution in [3.8, 4) is 0 Å². The van der Waals surface area contributed by atoms with Gasteiger partial charge in [-0.2, -0.15) is 0 Å². The zero-order valence-electron chi connectivity index (χ0n) is 12.1. The summed E-state index contributed by atoms with van der Waals surface area (Å²) in [6, 6.07) is 9.79. The summed E-state index contributed by atoms with van der Waals surface area (Å²) in [5.74, 6) is -0.110. The lowest BCUT2D eigenvalue weighted by Crippen LogP contribution is -2.28. The molecule has 0 saturated carbocycles. The van der Waals surface area contributed by atoms with Gasteiger partial charge < -0.3 is 9.64 Å². The van der Waals surface area contributed by atoms with Crippen LogP contribution >= 0.6 is 0 Å². The van der Waals surface area contributed by atoms with E-state index in [9.17, 15) is 4.79 Å². The van der Waals surface area contributed by atoms with Gasteiger partial charge in [0, 0.05) is 6.54 Å². The molecule has 0 aromatic heterocycles. The van der Waals surface area contributed by atoms with Gasteiger partial charge in [0.05, 0.1) is 6.42 Å². The lowest BCUT2D eigenvalue weighted by Gasteiger charge is -2.20. The summed E-state index contributed by atoms with van der Waals surface area (Å²) in [7, 11) is 0. The largest absolute Gasteiger partial charge is 0.461 e. The maximum absolute atomic E-state index is 11.7. The van der Waals surface area contributed by atoms with Gasteiger partial charge in [-0.3, -0.25) is 4.79 Å². The molecule has 3 heteroatoms. The summed E-state index contributed by atoms with van der Waals surface area (Å²) in [4.78, 5) is 14.0. The van der Waals surface area contributed by atoms with Crippen molar-refractivity contribution in [2.75, 3.05) is 19.6 Å². The smallest absolute Gasteiger partial charge is 0.307 e. The third kappa shape index (κ3) is 6.97. The molecule has 0 aliphatic rings. The number of rotatable bonds is 9. The number of carbonyl (C=O) groups excluding carboxylic acids is 1. The first-order chi connectivity index (χ1) is 9.26. The molecule has 0 fully saturated rings. The predicted molar refractivity (Wildman–Crippen MR) is 77.9 cm³/mol. The molecular weight excluding hydrogens is 238 g/mol. The Hall–Kier alpha value is -1.35. The number of nitrogens with zero attached hydrogens (tertiary/aromatic N) is 1. The lowest BCUT2D eigenvalue weighted by molar-refractivity contribution is -0.145. The van der Waals surface area contributed by atoms with E-state index in [0.29, 0.717) is 13.0 Å².